The van der Waals surface area contributed by atoms with Crippen LogP contribution in [0.25, 0.3) is 11.4 Å². The number of aromatic nitrogens is 3. The number of aliphatic carboxylic acids is 1. The highest BCUT2D eigenvalue weighted by atomic mass is 16.4. The Balaban J connectivity index is 2.36. The van der Waals surface area contributed by atoms with Gasteiger partial charge in [0.25, 0.3) is 0 Å². The van der Waals surface area contributed by atoms with Gasteiger partial charge in [-0.2, -0.15) is 0 Å². The number of carboxylic acids is 1. The fourth-order valence-electron chi connectivity index (χ4n) is 1.50. The van der Waals surface area contributed by atoms with Gasteiger partial charge in [-0.3, -0.25) is 9.78 Å². The van der Waals surface area contributed by atoms with Crippen molar-refractivity contribution in [2.75, 3.05) is 0 Å². The summed E-state index contributed by atoms with van der Waals surface area (Å²) in [6.45, 7) is 1.85. The minimum atomic E-state index is -0.902. The molecule has 16 heavy (non-hydrogen) atoms. The zero-order valence-electron chi connectivity index (χ0n) is 8.77. The standard InChI is InChI=1S/C11H11N3O2/c1-7-11(8-4-2-3-5-12-8)14-9(13-7)6-10(15)16/h2-5H,6H2,1H3,(H,13,14)(H,15,16). The third-order valence-corrected chi connectivity index (χ3v) is 2.16. The Hall–Kier alpha value is -2.17. The van der Waals surface area contributed by atoms with Crippen LogP contribution in [0.4, 0.5) is 0 Å². The summed E-state index contributed by atoms with van der Waals surface area (Å²) in [5, 5.41) is 8.66. The molecule has 0 atom stereocenters. The molecule has 0 saturated heterocycles. The Kier molecular flexibility index (Phi) is 2.68. The minimum absolute atomic E-state index is 0.103. The van der Waals surface area contributed by atoms with Crippen LogP contribution >= 0.6 is 0 Å². The number of aryl methyl sites for hydroxylation is 1. The molecule has 0 saturated carbocycles. The van der Waals surface area contributed by atoms with Crippen molar-refractivity contribution >= 4 is 5.97 Å². The van der Waals surface area contributed by atoms with E-state index in [0.717, 1.165) is 11.4 Å². The molecule has 0 aliphatic carbocycles. The van der Waals surface area contributed by atoms with E-state index in [-0.39, 0.29) is 6.42 Å². The Morgan fingerprint density at radius 2 is 2.31 bits per heavy atom. The minimum Gasteiger partial charge on any atom is -0.481 e. The van der Waals surface area contributed by atoms with Gasteiger partial charge in [0.15, 0.2) is 0 Å². The molecule has 0 bridgehead atoms. The normalized spacial score (nSPS) is 10.3. The summed E-state index contributed by atoms with van der Waals surface area (Å²) in [5.74, 6) is -0.452. The lowest BCUT2D eigenvalue weighted by Gasteiger charge is -1.95. The third kappa shape index (κ3) is 2.08. The van der Waals surface area contributed by atoms with Crippen molar-refractivity contribution in [1.82, 2.24) is 15.0 Å². The van der Waals surface area contributed by atoms with Crippen LogP contribution in [0.5, 0.6) is 0 Å². The van der Waals surface area contributed by atoms with E-state index in [4.69, 9.17) is 5.11 Å². The Morgan fingerprint density at radius 3 is 2.94 bits per heavy atom. The summed E-state index contributed by atoms with van der Waals surface area (Å²) < 4.78 is 0. The molecule has 0 spiro atoms. The number of carboxylic acid groups (broad SMARTS) is 1. The highest BCUT2D eigenvalue weighted by molar-refractivity contribution is 5.69. The molecule has 0 radical (unpaired) electrons. The van der Waals surface area contributed by atoms with Gasteiger partial charge < -0.3 is 10.1 Å². The van der Waals surface area contributed by atoms with Crippen LogP contribution in [0, 0.1) is 6.92 Å². The molecule has 0 aliphatic rings. The summed E-state index contributed by atoms with van der Waals surface area (Å²) in [7, 11) is 0. The Morgan fingerprint density at radius 1 is 1.50 bits per heavy atom. The van der Waals surface area contributed by atoms with E-state index < -0.39 is 5.97 Å². The second-order valence-electron chi connectivity index (χ2n) is 3.44. The average Bonchev–Trinajstić information content (AvgIpc) is 2.60. The lowest BCUT2D eigenvalue weighted by molar-refractivity contribution is -0.136. The Labute approximate surface area is 92.2 Å². The summed E-state index contributed by atoms with van der Waals surface area (Å²) >= 11 is 0. The van der Waals surface area contributed by atoms with Crippen LogP contribution < -0.4 is 0 Å². The van der Waals surface area contributed by atoms with E-state index >= 15 is 0 Å². The van der Waals surface area contributed by atoms with Crippen molar-refractivity contribution in [2.24, 2.45) is 0 Å². The van der Waals surface area contributed by atoms with Crippen LogP contribution in [0.2, 0.25) is 0 Å². The smallest absolute Gasteiger partial charge is 0.311 e. The molecule has 0 amide bonds. The number of imidazole rings is 1. The molecule has 0 unspecified atom stereocenters. The lowest BCUT2D eigenvalue weighted by Crippen LogP contribution is -2.01. The number of aromatic amines is 1. The second-order valence-corrected chi connectivity index (χ2v) is 3.44. The molecule has 5 heteroatoms. The van der Waals surface area contributed by atoms with Gasteiger partial charge in [-0.15, -0.1) is 0 Å². The van der Waals surface area contributed by atoms with E-state index in [2.05, 4.69) is 15.0 Å². The highest BCUT2D eigenvalue weighted by Crippen LogP contribution is 2.18. The van der Waals surface area contributed by atoms with E-state index in [1.807, 2.05) is 25.1 Å². The van der Waals surface area contributed by atoms with Gasteiger partial charge in [-0.25, -0.2) is 4.98 Å². The van der Waals surface area contributed by atoms with Gasteiger partial charge in [-0.1, -0.05) is 6.07 Å². The lowest BCUT2D eigenvalue weighted by atomic mass is 10.2. The fourth-order valence-corrected chi connectivity index (χ4v) is 1.50. The summed E-state index contributed by atoms with van der Waals surface area (Å²) in [6, 6.07) is 5.53. The van der Waals surface area contributed by atoms with Crippen molar-refractivity contribution in [3.8, 4) is 11.4 Å². The van der Waals surface area contributed by atoms with Crippen molar-refractivity contribution in [1.29, 1.82) is 0 Å². The number of nitrogens with one attached hydrogen (secondary N) is 1. The number of pyridine rings is 1. The van der Waals surface area contributed by atoms with Crippen molar-refractivity contribution in [2.45, 2.75) is 13.3 Å². The molecule has 0 aromatic carbocycles. The number of rotatable bonds is 3. The topological polar surface area (TPSA) is 78.9 Å². The first-order valence-electron chi connectivity index (χ1n) is 4.85. The molecule has 82 valence electrons. The molecule has 0 aliphatic heterocycles. The number of hydrogen-bond donors (Lipinski definition) is 2. The van der Waals surface area contributed by atoms with Gasteiger partial charge >= 0.3 is 5.97 Å². The quantitative estimate of drug-likeness (QED) is 0.814. The summed E-state index contributed by atoms with van der Waals surface area (Å²) in [6.07, 6.45) is 1.58. The predicted octanol–water partition coefficient (Wildman–Crippen LogP) is 1.41. The maximum atomic E-state index is 10.6. The van der Waals surface area contributed by atoms with Crippen LogP contribution in [-0.2, 0) is 11.2 Å². The predicted molar refractivity (Wildman–Crippen MR) is 57.9 cm³/mol. The van der Waals surface area contributed by atoms with Crippen LogP contribution in [0.1, 0.15) is 11.5 Å². The van der Waals surface area contributed by atoms with Gasteiger partial charge in [-0.05, 0) is 19.1 Å². The molecular weight excluding hydrogens is 206 g/mol. The zero-order chi connectivity index (χ0) is 11.5. The number of carbonyl (C=O) groups is 1. The SMILES string of the molecule is Cc1[nH]c(CC(=O)O)nc1-c1ccccn1. The van der Waals surface area contributed by atoms with Crippen LogP contribution in [0.15, 0.2) is 24.4 Å². The summed E-state index contributed by atoms with van der Waals surface area (Å²) in [5.41, 5.74) is 2.28. The molecular formula is C11H11N3O2. The van der Waals surface area contributed by atoms with Gasteiger partial charge in [0, 0.05) is 11.9 Å². The van der Waals surface area contributed by atoms with Crippen LogP contribution in [-0.4, -0.2) is 26.0 Å². The average molecular weight is 217 g/mol. The van der Waals surface area contributed by atoms with Gasteiger partial charge in [0.2, 0.25) is 0 Å². The van der Waals surface area contributed by atoms with E-state index in [0.29, 0.717) is 11.5 Å². The van der Waals surface area contributed by atoms with Crippen molar-refractivity contribution in [3.05, 3.63) is 35.9 Å². The highest BCUT2D eigenvalue weighted by Gasteiger charge is 2.11. The third-order valence-electron chi connectivity index (χ3n) is 2.16. The maximum absolute atomic E-state index is 10.6. The summed E-state index contributed by atoms with van der Waals surface area (Å²) in [4.78, 5) is 21.9. The Bertz CT molecular complexity index is 505. The van der Waals surface area contributed by atoms with Crippen molar-refractivity contribution in [3.63, 3.8) is 0 Å². The number of hydrogen-bond acceptors (Lipinski definition) is 3. The van der Waals surface area contributed by atoms with Gasteiger partial charge in [0.05, 0.1) is 5.69 Å². The van der Waals surface area contributed by atoms with Crippen molar-refractivity contribution < 1.29 is 9.90 Å². The number of nitrogens with zero attached hydrogens (tertiary/aromatic N) is 2. The van der Waals surface area contributed by atoms with E-state index in [1.54, 1.807) is 6.20 Å². The molecule has 2 N–H and O–H groups in total. The molecule has 2 aromatic heterocycles. The first-order valence-corrected chi connectivity index (χ1v) is 4.85. The molecule has 5 nitrogen and oxygen atoms in total. The fraction of sp³-hybridized carbons (Fsp3) is 0.182. The van der Waals surface area contributed by atoms with E-state index in [9.17, 15) is 4.79 Å². The molecule has 0 fully saturated rings. The molecule has 2 heterocycles. The monoisotopic (exact) mass is 217 g/mol. The second kappa shape index (κ2) is 4.14. The largest absolute Gasteiger partial charge is 0.481 e. The van der Waals surface area contributed by atoms with Crippen LogP contribution in [0.3, 0.4) is 0 Å². The number of H-pyrrole nitrogens is 1. The molecule has 2 rings (SSSR count). The van der Waals surface area contributed by atoms with E-state index in [1.165, 1.54) is 0 Å². The zero-order valence-corrected chi connectivity index (χ0v) is 8.77. The first-order chi connectivity index (χ1) is 7.66. The maximum Gasteiger partial charge on any atom is 0.311 e. The molecule has 2 aromatic rings. The first kappa shape index (κ1) is 10.4. The van der Waals surface area contributed by atoms with Gasteiger partial charge in [0.1, 0.15) is 17.9 Å².